The first-order valence-electron chi connectivity index (χ1n) is 6.80. The molecule has 0 atom stereocenters. The number of amides is 1. The Morgan fingerprint density at radius 2 is 2.16 bits per heavy atom. The molecule has 2 rings (SSSR count). The Morgan fingerprint density at radius 1 is 1.42 bits per heavy atom. The van der Waals surface area contributed by atoms with E-state index in [9.17, 15) is 4.79 Å². The highest BCUT2D eigenvalue weighted by Crippen LogP contribution is 2.15. The van der Waals surface area contributed by atoms with Crippen LogP contribution in [0.2, 0.25) is 0 Å². The van der Waals surface area contributed by atoms with Gasteiger partial charge in [-0.25, -0.2) is 0 Å². The van der Waals surface area contributed by atoms with E-state index in [0.717, 1.165) is 25.2 Å². The molecule has 4 heteroatoms. The van der Waals surface area contributed by atoms with Gasteiger partial charge in [0.1, 0.15) is 0 Å². The Kier molecular flexibility index (Phi) is 5.23. The number of hydrogen-bond donors (Lipinski definition) is 1. The van der Waals surface area contributed by atoms with Crippen LogP contribution in [-0.4, -0.2) is 37.5 Å². The lowest BCUT2D eigenvalue weighted by Gasteiger charge is -2.28. The molecule has 1 aliphatic heterocycles. The maximum Gasteiger partial charge on any atom is 0.251 e. The van der Waals surface area contributed by atoms with Crippen molar-refractivity contribution in [2.75, 3.05) is 26.7 Å². The third-order valence-electron chi connectivity index (χ3n) is 3.73. The molecule has 1 heterocycles. The van der Waals surface area contributed by atoms with E-state index < -0.39 is 0 Å². The van der Waals surface area contributed by atoms with Crippen molar-refractivity contribution in [3.05, 3.63) is 35.4 Å². The smallest absolute Gasteiger partial charge is 0.251 e. The van der Waals surface area contributed by atoms with Crippen LogP contribution in [0.3, 0.4) is 0 Å². The largest absolute Gasteiger partial charge is 0.352 e. The monoisotopic (exact) mass is 280 g/mol. The van der Waals surface area contributed by atoms with Gasteiger partial charge in [-0.15, -0.1) is 11.6 Å². The second-order valence-corrected chi connectivity index (χ2v) is 5.56. The summed E-state index contributed by atoms with van der Waals surface area (Å²) in [6.45, 7) is 3.03. The number of benzene rings is 1. The SMILES string of the molecule is CN1CCC(CNC(=O)c2cccc(CCl)c2)CC1. The minimum Gasteiger partial charge on any atom is -0.352 e. The van der Waals surface area contributed by atoms with Gasteiger partial charge in [-0.05, 0) is 56.6 Å². The van der Waals surface area contributed by atoms with Crippen LogP contribution in [0.25, 0.3) is 0 Å². The summed E-state index contributed by atoms with van der Waals surface area (Å²) in [5, 5.41) is 3.03. The Balaban J connectivity index is 1.83. The highest BCUT2D eigenvalue weighted by Gasteiger charge is 2.17. The molecule has 1 saturated heterocycles. The molecule has 0 aliphatic carbocycles. The van der Waals surface area contributed by atoms with Crippen molar-refractivity contribution < 1.29 is 4.79 Å². The molecule has 1 aromatic rings. The summed E-state index contributed by atoms with van der Waals surface area (Å²) in [5.41, 5.74) is 1.68. The third kappa shape index (κ3) is 4.22. The number of likely N-dealkylation sites (tertiary alicyclic amines) is 1. The van der Waals surface area contributed by atoms with Gasteiger partial charge in [0.05, 0.1) is 0 Å². The maximum atomic E-state index is 12.1. The van der Waals surface area contributed by atoms with Gasteiger partial charge in [0.2, 0.25) is 0 Å². The molecule has 104 valence electrons. The summed E-state index contributed by atoms with van der Waals surface area (Å²) in [5.74, 6) is 1.05. The normalized spacial score (nSPS) is 17.4. The van der Waals surface area contributed by atoms with Crippen LogP contribution in [0.15, 0.2) is 24.3 Å². The number of alkyl halides is 1. The molecule has 1 fully saturated rings. The highest BCUT2D eigenvalue weighted by atomic mass is 35.5. The molecule has 0 unspecified atom stereocenters. The predicted molar refractivity (Wildman–Crippen MR) is 78.6 cm³/mol. The summed E-state index contributed by atoms with van der Waals surface area (Å²) in [7, 11) is 2.15. The number of halogens is 1. The number of carbonyl (C=O) groups is 1. The quantitative estimate of drug-likeness (QED) is 0.860. The molecular formula is C15H21ClN2O. The molecule has 3 nitrogen and oxygen atoms in total. The lowest BCUT2D eigenvalue weighted by molar-refractivity contribution is 0.0939. The number of carbonyl (C=O) groups excluding carboxylic acids is 1. The summed E-state index contributed by atoms with van der Waals surface area (Å²) < 4.78 is 0. The fraction of sp³-hybridized carbons (Fsp3) is 0.533. The van der Waals surface area contributed by atoms with Crippen molar-refractivity contribution in [1.82, 2.24) is 10.2 Å². The number of piperidine rings is 1. The third-order valence-corrected chi connectivity index (χ3v) is 4.04. The lowest BCUT2D eigenvalue weighted by atomic mass is 9.97. The summed E-state index contributed by atoms with van der Waals surface area (Å²) >= 11 is 5.78. The van der Waals surface area contributed by atoms with Gasteiger partial charge in [0, 0.05) is 18.0 Å². The molecule has 1 amide bonds. The van der Waals surface area contributed by atoms with Crippen LogP contribution in [0.1, 0.15) is 28.8 Å². The molecule has 0 spiro atoms. The van der Waals surface area contributed by atoms with E-state index in [1.165, 1.54) is 12.8 Å². The van der Waals surface area contributed by atoms with Crippen molar-refractivity contribution in [3.8, 4) is 0 Å². The van der Waals surface area contributed by atoms with E-state index in [-0.39, 0.29) is 5.91 Å². The predicted octanol–water partition coefficient (Wildman–Crippen LogP) is 2.50. The Hall–Kier alpha value is -1.06. The number of nitrogens with zero attached hydrogens (tertiary/aromatic N) is 1. The van der Waals surface area contributed by atoms with Crippen molar-refractivity contribution in [2.24, 2.45) is 5.92 Å². The summed E-state index contributed by atoms with van der Waals surface area (Å²) in [4.78, 5) is 14.4. The molecule has 0 bridgehead atoms. The Bertz CT molecular complexity index is 428. The van der Waals surface area contributed by atoms with Crippen molar-refractivity contribution in [2.45, 2.75) is 18.7 Å². The minimum absolute atomic E-state index is 0.00546. The Labute approximate surface area is 119 Å². The van der Waals surface area contributed by atoms with Crippen LogP contribution in [0.4, 0.5) is 0 Å². The van der Waals surface area contributed by atoms with Gasteiger partial charge in [-0.3, -0.25) is 4.79 Å². The number of rotatable bonds is 4. The molecule has 0 radical (unpaired) electrons. The first-order chi connectivity index (χ1) is 9.19. The molecule has 1 N–H and O–H groups in total. The van der Waals surface area contributed by atoms with Gasteiger partial charge < -0.3 is 10.2 Å². The molecule has 19 heavy (non-hydrogen) atoms. The minimum atomic E-state index is 0.00546. The number of hydrogen-bond acceptors (Lipinski definition) is 2. The van der Waals surface area contributed by atoms with Gasteiger partial charge in [0.15, 0.2) is 0 Å². The van der Waals surface area contributed by atoms with E-state index in [1.807, 2.05) is 24.3 Å². The molecule has 0 aromatic heterocycles. The van der Waals surface area contributed by atoms with Crippen molar-refractivity contribution >= 4 is 17.5 Å². The van der Waals surface area contributed by atoms with E-state index in [4.69, 9.17) is 11.6 Å². The first-order valence-corrected chi connectivity index (χ1v) is 7.34. The van der Waals surface area contributed by atoms with E-state index in [1.54, 1.807) is 0 Å². The standard InChI is InChI=1S/C15H21ClN2O/c1-18-7-5-12(6-8-18)11-17-15(19)14-4-2-3-13(9-14)10-16/h2-4,9,12H,5-8,10-11H2,1H3,(H,17,19). The average Bonchev–Trinajstić information content (AvgIpc) is 2.46. The fourth-order valence-electron chi connectivity index (χ4n) is 2.40. The molecule has 0 saturated carbocycles. The number of nitrogens with one attached hydrogen (secondary N) is 1. The summed E-state index contributed by atoms with van der Waals surface area (Å²) in [6, 6.07) is 7.50. The summed E-state index contributed by atoms with van der Waals surface area (Å²) in [6.07, 6.45) is 2.33. The van der Waals surface area contributed by atoms with Gasteiger partial charge >= 0.3 is 0 Å². The second-order valence-electron chi connectivity index (χ2n) is 5.29. The van der Waals surface area contributed by atoms with Crippen molar-refractivity contribution in [3.63, 3.8) is 0 Å². The first kappa shape index (κ1) is 14.4. The average molecular weight is 281 g/mol. The maximum absolute atomic E-state index is 12.1. The zero-order chi connectivity index (χ0) is 13.7. The highest BCUT2D eigenvalue weighted by molar-refractivity contribution is 6.17. The fourth-order valence-corrected chi connectivity index (χ4v) is 2.57. The van der Waals surface area contributed by atoms with Crippen LogP contribution >= 0.6 is 11.6 Å². The Morgan fingerprint density at radius 3 is 2.84 bits per heavy atom. The van der Waals surface area contributed by atoms with Gasteiger partial charge in [-0.2, -0.15) is 0 Å². The van der Waals surface area contributed by atoms with E-state index in [0.29, 0.717) is 17.4 Å². The van der Waals surface area contributed by atoms with Crippen LogP contribution < -0.4 is 5.32 Å². The van der Waals surface area contributed by atoms with Crippen LogP contribution in [0.5, 0.6) is 0 Å². The van der Waals surface area contributed by atoms with E-state index in [2.05, 4.69) is 17.3 Å². The van der Waals surface area contributed by atoms with Gasteiger partial charge in [-0.1, -0.05) is 12.1 Å². The molecular weight excluding hydrogens is 260 g/mol. The van der Waals surface area contributed by atoms with E-state index >= 15 is 0 Å². The zero-order valence-corrected chi connectivity index (χ0v) is 12.1. The second kappa shape index (κ2) is 6.92. The van der Waals surface area contributed by atoms with Crippen molar-refractivity contribution in [1.29, 1.82) is 0 Å². The molecule has 1 aromatic carbocycles. The topological polar surface area (TPSA) is 32.3 Å². The van der Waals surface area contributed by atoms with Gasteiger partial charge in [0.25, 0.3) is 5.91 Å². The molecule has 1 aliphatic rings. The van der Waals surface area contributed by atoms with Crippen LogP contribution in [0, 0.1) is 5.92 Å². The van der Waals surface area contributed by atoms with Crippen LogP contribution in [-0.2, 0) is 5.88 Å². The zero-order valence-electron chi connectivity index (χ0n) is 11.4. The lowest BCUT2D eigenvalue weighted by Crippen LogP contribution is -2.36.